The molecule has 1 saturated heterocycles. The summed E-state index contributed by atoms with van der Waals surface area (Å²) < 4.78 is 5.33. The lowest BCUT2D eigenvalue weighted by atomic mass is 10.1. The van der Waals surface area contributed by atoms with Crippen LogP contribution in [0.15, 0.2) is 30.5 Å². The fraction of sp³-hybridized carbons (Fsp3) is 0.286. The lowest BCUT2D eigenvalue weighted by Gasteiger charge is -2.32. The third-order valence-corrected chi connectivity index (χ3v) is 3.47. The third kappa shape index (κ3) is 2.37. The number of nitriles is 1. The number of morpholine rings is 1. The van der Waals surface area contributed by atoms with Crippen LogP contribution in [0.25, 0.3) is 10.9 Å². The Morgan fingerprint density at radius 2 is 2.33 bits per heavy atom. The van der Waals surface area contributed by atoms with Gasteiger partial charge >= 0.3 is 0 Å². The molecule has 1 fully saturated rings. The Labute approximate surface area is 120 Å². The van der Waals surface area contributed by atoms with E-state index in [2.05, 4.69) is 11.1 Å². The van der Waals surface area contributed by atoms with Crippen LogP contribution in [0.3, 0.4) is 0 Å². The van der Waals surface area contributed by atoms with E-state index in [9.17, 15) is 10.1 Å². The van der Waals surface area contributed by atoms with Crippen LogP contribution >= 0.6 is 0 Å². The molecule has 0 bridgehead atoms. The number of nitrogens with zero attached hydrogens (tertiary/aromatic N) is 4. The van der Waals surface area contributed by atoms with Gasteiger partial charge in [-0.05, 0) is 6.07 Å². The zero-order valence-corrected chi connectivity index (χ0v) is 11.1. The third-order valence-electron chi connectivity index (χ3n) is 3.47. The number of fused-ring (bicyclic) bond motifs is 1. The van der Waals surface area contributed by atoms with Gasteiger partial charge in [0.2, 0.25) is 0 Å². The molecule has 2 aromatic rings. The second kappa shape index (κ2) is 5.34. The second-order valence-corrected chi connectivity index (χ2v) is 4.70. The van der Waals surface area contributed by atoms with E-state index in [1.54, 1.807) is 12.3 Å². The van der Waals surface area contributed by atoms with Crippen LogP contribution in [0.4, 0.5) is 11.4 Å². The summed E-state index contributed by atoms with van der Waals surface area (Å²) in [6.07, 6.45) is 1.07. The zero-order chi connectivity index (χ0) is 14.8. The van der Waals surface area contributed by atoms with Gasteiger partial charge in [-0.2, -0.15) is 5.26 Å². The molecule has 0 amide bonds. The predicted octanol–water partition coefficient (Wildman–Crippen LogP) is 1.87. The number of non-ortho nitro benzene ring substituents is 1. The van der Waals surface area contributed by atoms with E-state index in [-0.39, 0.29) is 5.69 Å². The van der Waals surface area contributed by atoms with Crippen LogP contribution in [-0.2, 0) is 4.74 Å². The Balaban J connectivity index is 2.09. The summed E-state index contributed by atoms with van der Waals surface area (Å²) in [7, 11) is 0. The normalized spacial score (nSPS) is 18.4. The molecule has 1 atom stereocenters. The molecule has 2 heterocycles. The standard InChI is InChI=1S/C14H12N4O3/c15-8-10-9-17(6-7-21-10)12-4-5-16-14-11(12)2-1-3-13(14)18(19)20/h1-5,10H,6-7,9H2. The number of pyridine rings is 1. The molecule has 3 rings (SSSR count). The van der Waals surface area contributed by atoms with Crippen LogP contribution in [0.1, 0.15) is 0 Å². The van der Waals surface area contributed by atoms with Crippen molar-refractivity contribution in [3.63, 3.8) is 0 Å². The van der Waals surface area contributed by atoms with E-state index < -0.39 is 11.0 Å². The first-order chi connectivity index (χ1) is 10.2. The quantitative estimate of drug-likeness (QED) is 0.617. The lowest BCUT2D eigenvalue weighted by Crippen LogP contribution is -2.41. The van der Waals surface area contributed by atoms with Gasteiger partial charge in [-0.15, -0.1) is 0 Å². The van der Waals surface area contributed by atoms with Gasteiger partial charge in [0.1, 0.15) is 5.52 Å². The van der Waals surface area contributed by atoms with Crippen molar-refractivity contribution in [2.75, 3.05) is 24.6 Å². The number of nitro benzene ring substituents is 1. The number of hydrogen-bond acceptors (Lipinski definition) is 6. The fourth-order valence-corrected chi connectivity index (χ4v) is 2.52. The average molecular weight is 284 g/mol. The monoisotopic (exact) mass is 284 g/mol. The maximum atomic E-state index is 11.1. The van der Waals surface area contributed by atoms with E-state index in [1.807, 2.05) is 17.0 Å². The van der Waals surface area contributed by atoms with Crippen LogP contribution in [0.5, 0.6) is 0 Å². The summed E-state index contributed by atoms with van der Waals surface area (Å²) in [6.45, 7) is 1.54. The number of aromatic nitrogens is 1. The largest absolute Gasteiger partial charge is 0.365 e. The molecule has 0 aliphatic carbocycles. The molecule has 106 valence electrons. The molecule has 0 radical (unpaired) electrons. The van der Waals surface area contributed by atoms with Crippen molar-refractivity contribution in [2.24, 2.45) is 0 Å². The molecular formula is C14H12N4O3. The van der Waals surface area contributed by atoms with Crippen molar-refractivity contribution in [3.05, 3.63) is 40.6 Å². The predicted molar refractivity (Wildman–Crippen MR) is 76.0 cm³/mol. The highest BCUT2D eigenvalue weighted by Gasteiger charge is 2.23. The van der Waals surface area contributed by atoms with Gasteiger partial charge < -0.3 is 9.64 Å². The number of benzene rings is 1. The van der Waals surface area contributed by atoms with Crippen molar-refractivity contribution in [3.8, 4) is 6.07 Å². The van der Waals surface area contributed by atoms with E-state index in [0.717, 1.165) is 5.69 Å². The van der Waals surface area contributed by atoms with Gasteiger partial charge in [0.05, 0.1) is 24.1 Å². The maximum absolute atomic E-state index is 11.1. The molecule has 0 saturated carbocycles. The molecule has 0 spiro atoms. The Bertz CT molecular complexity index is 741. The molecule has 1 unspecified atom stereocenters. The van der Waals surface area contributed by atoms with E-state index in [0.29, 0.717) is 30.6 Å². The highest BCUT2D eigenvalue weighted by molar-refractivity contribution is 5.96. The zero-order valence-electron chi connectivity index (χ0n) is 11.1. The molecular weight excluding hydrogens is 272 g/mol. The summed E-state index contributed by atoms with van der Waals surface area (Å²) in [5, 5.41) is 20.8. The molecule has 1 aromatic heterocycles. The number of ether oxygens (including phenoxy) is 1. The number of nitro groups is 1. The van der Waals surface area contributed by atoms with Gasteiger partial charge in [-0.25, -0.2) is 4.98 Å². The van der Waals surface area contributed by atoms with Gasteiger partial charge in [0.15, 0.2) is 6.10 Å². The minimum absolute atomic E-state index is 0.0144. The molecule has 7 heteroatoms. The molecule has 1 aromatic carbocycles. The van der Waals surface area contributed by atoms with Crippen molar-refractivity contribution < 1.29 is 9.66 Å². The first-order valence-corrected chi connectivity index (χ1v) is 6.49. The van der Waals surface area contributed by atoms with Gasteiger partial charge in [-0.1, -0.05) is 12.1 Å². The molecule has 1 aliphatic heterocycles. The number of rotatable bonds is 2. The van der Waals surface area contributed by atoms with Crippen LogP contribution < -0.4 is 4.90 Å². The fourth-order valence-electron chi connectivity index (χ4n) is 2.52. The molecule has 7 nitrogen and oxygen atoms in total. The summed E-state index contributed by atoms with van der Waals surface area (Å²) >= 11 is 0. The van der Waals surface area contributed by atoms with E-state index in [4.69, 9.17) is 10.00 Å². The van der Waals surface area contributed by atoms with Crippen LogP contribution in [0, 0.1) is 21.4 Å². The van der Waals surface area contributed by atoms with Gasteiger partial charge in [0, 0.05) is 29.9 Å². The average Bonchev–Trinajstić information content (AvgIpc) is 2.53. The van der Waals surface area contributed by atoms with Crippen LogP contribution in [-0.4, -0.2) is 35.7 Å². The minimum Gasteiger partial charge on any atom is -0.365 e. The Hall–Kier alpha value is -2.72. The van der Waals surface area contributed by atoms with Gasteiger partial charge in [-0.3, -0.25) is 10.1 Å². The van der Waals surface area contributed by atoms with Crippen molar-refractivity contribution in [1.82, 2.24) is 4.98 Å². The highest BCUT2D eigenvalue weighted by atomic mass is 16.6. The molecule has 0 N–H and O–H groups in total. The second-order valence-electron chi connectivity index (χ2n) is 4.70. The first kappa shape index (κ1) is 13.3. The highest BCUT2D eigenvalue weighted by Crippen LogP contribution is 2.31. The number of hydrogen-bond donors (Lipinski definition) is 0. The minimum atomic E-state index is -0.485. The Kier molecular flexibility index (Phi) is 3.38. The van der Waals surface area contributed by atoms with Gasteiger partial charge in [0.25, 0.3) is 5.69 Å². The summed E-state index contributed by atoms with van der Waals surface area (Å²) in [4.78, 5) is 16.8. The number of para-hydroxylation sites is 1. The van der Waals surface area contributed by atoms with Crippen molar-refractivity contribution >= 4 is 22.3 Å². The first-order valence-electron chi connectivity index (χ1n) is 6.49. The maximum Gasteiger partial charge on any atom is 0.295 e. The van der Waals surface area contributed by atoms with Crippen molar-refractivity contribution in [1.29, 1.82) is 5.26 Å². The smallest absolute Gasteiger partial charge is 0.295 e. The summed E-state index contributed by atoms with van der Waals surface area (Å²) in [5.41, 5.74) is 1.19. The van der Waals surface area contributed by atoms with Crippen molar-refractivity contribution in [2.45, 2.75) is 6.10 Å². The molecule has 1 aliphatic rings. The Morgan fingerprint density at radius 1 is 1.48 bits per heavy atom. The lowest BCUT2D eigenvalue weighted by molar-refractivity contribution is -0.383. The molecule has 21 heavy (non-hydrogen) atoms. The summed E-state index contributed by atoms with van der Waals surface area (Å²) in [5.74, 6) is 0. The van der Waals surface area contributed by atoms with Crippen LogP contribution in [0.2, 0.25) is 0 Å². The SMILES string of the molecule is N#CC1CN(c2ccnc3c([N+](=O)[O-])cccc23)CCO1. The Morgan fingerprint density at radius 3 is 3.10 bits per heavy atom. The number of anilines is 1. The topological polar surface area (TPSA) is 92.3 Å². The van der Waals surface area contributed by atoms with E-state index in [1.165, 1.54) is 6.07 Å². The summed E-state index contributed by atoms with van der Waals surface area (Å²) in [6, 6.07) is 8.80. The van der Waals surface area contributed by atoms with E-state index >= 15 is 0 Å².